The number of hydrogen-bond donors (Lipinski definition) is 1. The summed E-state index contributed by atoms with van der Waals surface area (Å²) in [5.41, 5.74) is 0.191. The van der Waals surface area contributed by atoms with Crippen molar-refractivity contribution in [3.05, 3.63) is 0 Å². The molecule has 0 spiro atoms. The molecule has 1 aliphatic rings. The van der Waals surface area contributed by atoms with Gasteiger partial charge in [0.05, 0.1) is 5.60 Å². The van der Waals surface area contributed by atoms with Crippen molar-refractivity contribution in [2.75, 3.05) is 0 Å². The molecule has 1 aliphatic carbocycles. The first-order valence-corrected chi connectivity index (χ1v) is 5.26. The highest BCUT2D eigenvalue weighted by molar-refractivity contribution is 4.89. The van der Waals surface area contributed by atoms with Crippen LogP contribution in [0.25, 0.3) is 0 Å². The van der Waals surface area contributed by atoms with Crippen LogP contribution >= 0.6 is 0 Å². The Labute approximate surface area is 76.2 Å². The summed E-state index contributed by atoms with van der Waals surface area (Å²) in [6.07, 6.45) is 6.97. The van der Waals surface area contributed by atoms with E-state index in [1.807, 2.05) is 6.92 Å². The highest BCUT2D eigenvalue weighted by atomic mass is 16.3. The van der Waals surface area contributed by atoms with Crippen molar-refractivity contribution in [2.45, 2.75) is 64.9 Å². The first kappa shape index (κ1) is 10.0. The molecule has 72 valence electrons. The molecule has 0 heterocycles. The Balaban J connectivity index is 2.53. The smallest absolute Gasteiger partial charge is 0.0620 e. The fraction of sp³-hybridized carbons (Fsp3) is 1.00. The first-order chi connectivity index (χ1) is 5.54. The van der Waals surface area contributed by atoms with E-state index in [0.717, 1.165) is 12.8 Å². The monoisotopic (exact) mass is 170 g/mol. The second-order valence-electron chi connectivity index (χ2n) is 4.70. The number of rotatable bonds is 2. The lowest BCUT2D eigenvalue weighted by Gasteiger charge is -2.42. The summed E-state index contributed by atoms with van der Waals surface area (Å²) in [6.45, 7) is 6.54. The molecular weight excluding hydrogens is 148 g/mol. The fourth-order valence-electron chi connectivity index (χ4n) is 2.28. The van der Waals surface area contributed by atoms with Crippen molar-refractivity contribution >= 4 is 0 Å². The van der Waals surface area contributed by atoms with E-state index in [-0.39, 0.29) is 5.60 Å². The van der Waals surface area contributed by atoms with Crippen molar-refractivity contribution in [3.8, 4) is 0 Å². The summed E-state index contributed by atoms with van der Waals surface area (Å²) in [5.74, 6) is 0. The molecular formula is C11H22O. The summed E-state index contributed by atoms with van der Waals surface area (Å²) in [5, 5.41) is 9.80. The summed E-state index contributed by atoms with van der Waals surface area (Å²) in [7, 11) is 0. The van der Waals surface area contributed by atoms with Gasteiger partial charge in [-0.2, -0.15) is 0 Å². The molecule has 0 saturated heterocycles. The fourth-order valence-corrected chi connectivity index (χ4v) is 2.28. The largest absolute Gasteiger partial charge is 0.390 e. The lowest BCUT2D eigenvalue weighted by atomic mass is 9.66. The molecule has 0 aromatic rings. The Morgan fingerprint density at radius 2 is 1.42 bits per heavy atom. The van der Waals surface area contributed by atoms with Crippen LogP contribution in [0.1, 0.15) is 59.3 Å². The molecule has 1 nitrogen and oxygen atoms in total. The Bertz CT molecular complexity index is 133. The van der Waals surface area contributed by atoms with Crippen LogP contribution in [-0.2, 0) is 0 Å². The van der Waals surface area contributed by atoms with E-state index < -0.39 is 0 Å². The minimum Gasteiger partial charge on any atom is -0.390 e. The Morgan fingerprint density at radius 1 is 1.00 bits per heavy atom. The average molecular weight is 170 g/mol. The topological polar surface area (TPSA) is 20.2 Å². The van der Waals surface area contributed by atoms with Gasteiger partial charge >= 0.3 is 0 Å². The maximum Gasteiger partial charge on any atom is 0.0620 e. The molecule has 0 bridgehead atoms. The third-order valence-corrected chi connectivity index (χ3v) is 3.89. The van der Waals surface area contributed by atoms with E-state index in [1.165, 1.54) is 25.7 Å². The van der Waals surface area contributed by atoms with E-state index in [4.69, 9.17) is 0 Å². The molecule has 0 aliphatic heterocycles. The quantitative estimate of drug-likeness (QED) is 0.675. The normalized spacial score (nSPS) is 27.0. The van der Waals surface area contributed by atoms with Crippen LogP contribution in [0.4, 0.5) is 0 Å². The molecule has 1 N–H and O–H groups in total. The predicted molar refractivity (Wildman–Crippen MR) is 52.1 cm³/mol. The van der Waals surface area contributed by atoms with E-state index in [0.29, 0.717) is 5.41 Å². The average Bonchev–Trinajstić information content (AvgIpc) is 2.06. The molecule has 1 fully saturated rings. The van der Waals surface area contributed by atoms with Gasteiger partial charge in [0.25, 0.3) is 0 Å². The minimum absolute atomic E-state index is 0.367. The van der Waals surface area contributed by atoms with Crippen LogP contribution in [0.3, 0.4) is 0 Å². The van der Waals surface area contributed by atoms with Crippen molar-refractivity contribution in [2.24, 2.45) is 5.41 Å². The summed E-state index contributed by atoms with van der Waals surface area (Å²) >= 11 is 0. The van der Waals surface area contributed by atoms with Gasteiger partial charge in [-0.3, -0.25) is 0 Å². The van der Waals surface area contributed by atoms with Crippen LogP contribution in [0.15, 0.2) is 0 Å². The molecule has 12 heavy (non-hydrogen) atoms. The molecule has 0 aromatic heterocycles. The van der Waals surface area contributed by atoms with Gasteiger partial charge < -0.3 is 5.11 Å². The lowest BCUT2D eigenvalue weighted by Crippen LogP contribution is -2.36. The molecule has 1 saturated carbocycles. The van der Waals surface area contributed by atoms with Crippen LogP contribution in [-0.4, -0.2) is 10.7 Å². The van der Waals surface area contributed by atoms with E-state index in [9.17, 15) is 5.11 Å². The van der Waals surface area contributed by atoms with Gasteiger partial charge in [-0.1, -0.05) is 26.7 Å². The van der Waals surface area contributed by atoms with Crippen LogP contribution < -0.4 is 0 Å². The van der Waals surface area contributed by atoms with Gasteiger partial charge in [-0.05, 0) is 38.0 Å². The molecule has 1 heteroatoms. The predicted octanol–water partition coefficient (Wildman–Crippen LogP) is 3.12. The second kappa shape index (κ2) is 3.37. The molecule has 1 rings (SSSR count). The van der Waals surface area contributed by atoms with Crippen LogP contribution in [0.2, 0.25) is 0 Å². The van der Waals surface area contributed by atoms with E-state index >= 15 is 0 Å². The molecule has 0 aromatic carbocycles. The Hall–Kier alpha value is -0.0400. The van der Waals surface area contributed by atoms with E-state index in [2.05, 4.69) is 13.8 Å². The molecule has 0 radical (unpaired) electrons. The summed E-state index contributed by atoms with van der Waals surface area (Å²) in [4.78, 5) is 0. The number of aliphatic hydroxyl groups is 1. The SMILES string of the molecule is CCC1(CC)CCC(C)(O)CC1. The Kier molecular flexibility index (Phi) is 2.82. The maximum atomic E-state index is 9.80. The Morgan fingerprint density at radius 3 is 1.75 bits per heavy atom. The van der Waals surface area contributed by atoms with Crippen LogP contribution in [0.5, 0.6) is 0 Å². The third kappa shape index (κ3) is 2.01. The molecule has 0 amide bonds. The van der Waals surface area contributed by atoms with Crippen molar-refractivity contribution in [3.63, 3.8) is 0 Å². The minimum atomic E-state index is -0.367. The maximum absolute atomic E-state index is 9.80. The zero-order chi connectivity index (χ0) is 9.24. The molecule has 0 atom stereocenters. The van der Waals surface area contributed by atoms with Gasteiger partial charge in [0.1, 0.15) is 0 Å². The summed E-state index contributed by atoms with van der Waals surface area (Å²) < 4.78 is 0. The van der Waals surface area contributed by atoms with Gasteiger partial charge in [0, 0.05) is 0 Å². The van der Waals surface area contributed by atoms with Crippen molar-refractivity contribution in [1.29, 1.82) is 0 Å². The number of hydrogen-bond acceptors (Lipinski definition) is 1. The zero-order valence-electron chi connectivity index (χ0n) is 8.69. The van der Waals surface area contributed by atoms with Crippen molar-refractivity contribution in [1.82, 2.24) is 0 Å². The van der Waals surface area contributed by atoms with E-state index in [1.54, 1.807) is 0 Å². The van der Waals surface area contributed by atoms with Gasteiger partial charge in [-0.15, -0.1) is 0 Å². The highest BCUT2D eigenvalue weighted by Gasteiger charge is 2.36. The highest BCUT2D eigenvalue weighted by Crippen LogP contribution is 2.45. The van der Waals surface area contributed by atoms with Crippen molar-refractivity contribution < 1.29 is 5.11 Å². The summed E-state index contributed by atoms with van der Waals surface area (Å²) in [6, 6.07) is 0. The third-order valence-electron chi connectivity index (χ3n) is 3.89. The second-order valence-corrected chi connectivity index (χ2v) is 4.70. The standard InChI is InChI=1S/C11H22O/c1-4-11(5-2)8-6-10(3,12)7-9-11/h12H,4-9H2,1-3H3. The first-order valence-electron chi connectivity index (χ1n) is 5.26. The van der Waals surface area contributed by atoms with Crippen LogP contribution in [0, 0.1) is 5.41 Å². The van der Waals surface area contributed by atoms with Gasteiger partial charge in [-0.25, -0.2) is 0 Å². The van der Waals surface area contributed by atoms with Gasteiger partial charge in [0.2, 0.25) is 0 Å². The van der Waals surface area contributed by atoms with Gasteiger partial charge in [0.15, 0.2) is 0 Å². The zero-order valence-corrected chi connectivity index (χ0v) is 8.69. The molecule has 0 unspecified atom stereocenters. The lowest BCUT2D eigenvalue weighted by molar-refractivity contribution is -0.0219.